The van der Waals surface area contributed by atoms with E-state index in [9.17, 15) is 9.59 Å². The lowest BCUT2D eigenvalue weighted by molar-refractivity contribution is -0.121. The van der Waals surface area contributed by atoms with Crippen molar-refractivity contribution >= 4 is 33.7 Å². The minimum atomic E-state index is -1.00. The van der Waals surface area contributed by atoms with Crippen LogP contribution in [0.3, 0.4) is 0 Å². The molecule has 0 saturated heterocycles. The molecule has 0 saturated carbocycles. The van der Waals surface area contributed by atoms with E-state index in [1.54, 1.807) is 48.5 Å². The minimum Gasteiger partial charge on any atom is -0.493 e. The molecule has 0 radical (unpaired) electrons. The van der Waals surface area contributed by atoms with Crippen molar-refractivity contribution in [3.63, 3.8) is 0 Å². The molecule has 2 aromatic carbocycles. The number of rotatable bonds is 11. The molecule has 0 spiro atoms. The number of ether oxygens (including phenoxy) is 4. The summed E-state index contributed by atoms with van der Waals surface area (Å²) in [4.78, 5) is 23.6. The summed E-state index contributed by atoms with van der Waals surface area (Å²) in [6, 6.07) is 13.7. The average molecular weight is 427 g/mol. The molecular weight excluding hydrogens is 407 g/mol. The van der Waals surface area contributed by atoms with Crippen molar-refractivity contribution < 1.29 is 28.5 Å². The number of para-hydroxylation sites is 4. The Morgan fingerprint density at radius 2 is 1.04 bits per heavy atom. The van der Waals surface area contributed by atoms with Crippen LogP contribution in [0.15, 0.2) is 48.5 Å². The van der Waals surface area contributed by atoms with Crippen LogP contribution in [0.25, 0.3) is 0 Å². The lowest BCUT2D eigenvalue weighted by atomic mass is 10.1. The summed E-state index contributed by atoms with van der Waals surface area (Å²) in [5.41, 5.74) is 0. The number of hydrogen-bond acceptors (Lipinski definition) is 6. The van der Waals surface area contributed by atoms with E-state index in [0.717, 1.165) is 0 Å². The van der Waals surface area contributed by atoms with Crippen LogP contribution in [0, 0.1) is 0 Å². The normalized spacial score (nSPS) is 12.6. The Morgan fingerprint density at radius 3 is 1.32 bits per heavy atom. The molecule has 2 aromatic rings. The molecule has 150 valence electrons. The van der Waals surface area contributed by atoms with E-state index in [4.69, 9.17) is 42.1 Å². The number of benzene rings is 2. The zero-order valence-corrected chi connectivity index (χ0v) is 16.9. The van der Waals surface area contributed by atoms with E-state index in [1.807, 2.05) is 0 Å². The standard InChI is InChI=1S/C20H20Cl2O6/c1-25-13-7-3-5-9-15(13)27-17(19(21)23)11-12-18(20(22)24)28-16-10-6-4-8-14(16)26-2/h3-10,17-18H,11-12H2,1-2H3. The predicted octanol–water partition coefficient (Wildman–Crippen LogP) is 4.21. The molecule has 8 heteroatoms. The van der Waals surface area contributed by atoms with E-state index >= 15 is 0 Å². The maximum Gasteiger partial charge on any atom is 0.262 e. The number of hydrogen-bond donors (Lipinski definition) is 0. The molecule has 2 unspecified atom stereocenters. The van der Waals surface area contributed by atoms with Crippen molar-refractivity contribution in [2.75, 3.05) is 14.2 Å². The smallest absolute Gasteiger partial charge is 0.262 e. The van der Waals surface area contributed by atoms with Crippen LogP contribution in [0.4, 0.5) is 0 Å². The van der Waals surface area contributed by atoms with Gasteiger partial charge in [-0.1, -0.05) is 24.3 Å². The van der Waals surface area contributed by atoms with Crippen molar-refractivity contribution in [3.8, 4) is 23.0 Å². The molecule has 0 aliphatic rings. The molecule has 2 rings (SSSR count). The van der Waals surface area contributed by atoms with E-state index in [0.29, 0.717) is 23.0 Å². The summed E-state index contributed by atoms with van der Waals surface area (Å²) < 4.78 is 21.8. The van der Waals surface area contributed by atoms with Crippen molar-refractivity contribution in [2.45, 2.75) is 25.0 Å². The highest BCUT2D eigenvalue weighted by molar-refractivity contribution is 6.65. The Hall–Kier alpha value is -2.44. The van der Waals surface area contributed by atoms with Crippen LogP contribution in [-0.4, -0.2) is 36.9 Å². The van der Waals surface area contributed by atoms with Gasteiger partial charge in [-0.3, -0.25) is 9.59 Å². The van der Waals surface area contributed by atoms with Gasteiger partial charge in [0.25, 0.3) is 10.5 Å². The van der Waals surface area contributed by atoms with Gasteiger partial charge in [0.1, 0.15) is 0 Å². The van der Waals surface area contributed by atoms with Crippen LogP contribution < -0.4 is 18.9 Å². The first kappa shape index (κ1) is 21.9. The van der Waals surface area contributed by atoms with Crippen molar-refractivity contribution in [1.82, 2.24) is 0 Å². The van der Waals surface area contributed by atoms with Gasteiger partial charge in [-0.25, -0.2) is 0 Å². The highest BCUT2D eigenvalue weighted by Gasteiger charge is 2.26. The number of halogens is 2. The highest BCUT2D eigenvalue weighted by atomic mass is 35.5. The van der Waals surface area contributed by atoms with Gasteiger partial charge in [0.15, 0.2) is 35.2 Å². The second-order valence-corrected chi connectivity index (χ2v) is 6.45. The van der Waals surface area contributed by atoms with Gasteiger partial charge in [0, 0.05) is 0 Å². The monoisotopic (exact) mass is 426 g/mol. The SMILES string of the molecule is COc1ccccc1OC(CCC(Oc1ccccc1OC)C(=O)Cl)C(=O)Cl. The molecule has 0 amide bonds. The fourth-order valence-electron chi connectivity index (χ4n) is 2.48. The van der Waals surface area contributed by atoms with Crippen LogP contribution in [0.1, 0.15) is 12.8 Å². The van der Waals surface area contributed by atoms with E-state index in [2.05, 4.69) is 0 Å². The predicted molar refractivity (Wildman–Crippen MR) is 106 cm³/mol. The summed E-state index contributed by atoms with van der Waals surface area (Å²) in [6.07, 6.45) is -1.78. The van der Waals surface area contributed by atoms with E-state index in [-0.39, 0.29) is 12.8 Å². The first-order valence-electron chi connectivity index (χ1n) is 8.44. The maximum atomic E-state index is 11.8. The Morgan fingerprint density at radius 1 is 0.714 bits per heavy atom. The average Bonchev–Trinajstić information content (AvgIpc) is 2.70. The molecule has 0 bridgehead atoms. The largest absolute Gasteiger partial charge is 0.493 e. The van der Waals surface area contributed by atoms with Gasteiger partial charge in [-0.05, 0) is 60.3 Å². The van der Waals surface area contributed by atoms with Crippen LogP contribution in [0.5, 0.6) is 23.0 Å². The van der Waals surface area contributed by atoms with Gasteiger partial charge in [0.2, 0.25) is 0 Å². The van der Waals surface area contributed by atoms with Crippen molar-refractivity contribution in [3.05, 3.63) is 48.5 Å². The zero-order chi connectivity index (χ0) is 20.5. The first-order valence-corrected chi connectivity index (χ1v) is 9.20. The van der Waals surface area contributed by atoms with Crippen LogP contribution in [0.2, 0.25) is 0 Å². The number of methoxy groups -OCH3 is 2. The molecule has 28 heavy (non-hydrogen) atoms. The van der Waals surface area contributed by atoms with Crippen LogP contribution >= 0.6 is 23.2 Å². The maximum absolute atomic E-state index is 11.8. The Labute approximate surface area is 173 Å². The molecule has 6 nitrogen and oxygen atoms in total. The van der Waals surface area contributed by atoms with Crippen molar-refractivity contribution in [2.24, 2.45) is 0 Å². The van der Waals surface area contributed by atoms with E-state index in [1.165, 1.54) is 14.2 Å². The molecular formula is C20H20Cl2O6. The fourth-order valence-corrected chi connectivity index (χ4v) is 2.79. The zero-order valence-electron chi connectivity index (χ0n) is 15.4. The minimum absolute atomic E-state index is 0.110. The molecule has 0 fully saturated rings. The summed E-state index contributed by atoms with van der Waals surface area (Å²) in [7, 11) is 2.98. The second-order valence-electron chi connectivity index (χ2n) is 5.70. The Balaban J connectivity index is 2.09. The molecule has 2 atom stereocenters. The lowest BCUT2D eigenvalue weighted by Crippen LogP contribution is -2.30. The Bertz CT molecular complexity index is 743. The third-order valence-corrected chi connectivity index (χ3v) is 4.36. The topological polar surface area (TPSA) is 71.1 Å². The van der Waals surface area contributed by atoms with Gasteiger partial charge in [0.05, 0.1) is 14.2 Å². The Kier molecular flexibility index (Phi) is 8.42. The first-order chi connectivity index (χ1) is 13.5. The van der Waals surface area contributed by atoms with Crippen molar-refractivity contribution in [1.29, 1.82) is 0 Å². The molecule has 0 aromatic heterocycles. The second kappa shape index (κ2) is 10.8. The van der Waals surface area contributed by atoms with E-state index < -0.39 is 22.7 Å². The van der Waals surface area contributed by atoms with Gasteiger partial charge in [-0.15, -0.1) is 0 Å². The van der Waals surface area contributed by atoms with Gasteiger partial charge < -0.3 is 18.9 Å². The van der Waals surface area contributed by atoms with Gasteiger partial charge >= 0.3 is 0 Å². The van der Waals surface area contributed by atoms with Gasteiger partial charge in [-0.2, -0.15) is 0 Å². The molecule has 0 aliphatic carbocycles. The molecule has 0 heterocycles. The summed E-state index contributed by atoms with van der Waals surface area (Å²) >= 11 is 11.4. The summed E-state index contributed by atoms with van der Waals surface area (Å²) in [6.45, 7) is 0. The molecule has 0 aliphatic heterocycles. The third-order valence-electron chi connectivity index (χ3n) is 3.87. The lowest BCUT2D eigenvalue weighted by Gasteiger charge is -2.21. The number of carbonyl (C=O) groups excluding carboxylic acids is 2. The van der Waals surface area contributed by atoms with Crippen LogP contribution in [-0.2, 0) is 9.59 Å². The fraction of sp³-hybridized carbons (Fsp3) is 0.300. The summed E-state index contributed by atoms with van der Waals surface area (Å²) in [5, 5.41) is -1.41. The molecule has 0 N–H and O–H groups in total. The highest BCUT2D eigenvalue weighted by Crippen LogP contribution is 2.30. The number of carbonyl (C=O) groups is 2. The summed E-state index contributed by atoms with van der Waals surface area (Å²) in [5.74, 6) is 1.65. The quantitative estimate of drug-likeness (QED) is 0.501. The third kappa shape index (κ3) is 6.04.